The Morgan fingerprint density at radius 2 is 1.70 bits per heavy atom. The molecule has 1 saturated heterocycles. The molecule has 0 unspecified atom stereocenters. The van der Waals surface area contributed by atoms with Crippen molar-refractivity contribution >= 4 is 17.1 Å². The summed E-state index contributed by atoms with van der Waals surface area (Å²) in [5, 5.41) is 15.1. The van der Waals surface area contributed by atoms with E-state index >= 15 is 0 Å². The zero-order valence-corrected chi connectivity index (χ0v) is 13.0. The number of carboxylic acid groups (broad SMARTS) is 1. The minimum absolute atomic E-state index is 0.130. The molecule has 0 aliphatic carbocycles. The number of carbonyl (C=O) groups is 1. The number of rotatable bonds is 2. The summed E-state index contributed by atoms with van der Waals surface area (Å²) in [6.45, 7) is 4.56. The van der Waals surface area contributed by atoms with E-state index < -0.39 is 17.2 Å². The molecule has 126 valence electrons. The third-order valence-corrected chi connectivity index (χ3v) is 3.42. The first-order valence-corrected chi connectivity index (χ1v) is 7.19. The molecule has 1 aliphatic rings. The van der Waals surface area contributed by atoms with E-state index in [0.717, 1.165) is 30.7 Å². The zero-order chi connectivity index (χ0) is 17.0. The fourth-order valence-electron chi connectivity index (χ4n) is 2.20. The van der Waals surface area contributed by atoms with Gasteiger partial charge in [-0.15, -0.1) is 0 Å². The normalized spacial score (nSPS) is 14.3. The average molecular weight is 324 g/mol. The number of hydrogen-bond acceptors (Lipinski definition) is 6. The molecule has 3 heterocycles. The molecule has 23 heavy (non-hydrogen) atoms. The fraction of sp³-hybridized carbons (Fsp3) is 0.538. The highest BCUT2D eigenvalue weighted by Gasteiger charge is 2.14. The molecule has 0 saturated carbocycles. The lowest BCUT2D eigenvalue weighted by Crippen LogP contribution is -2.39. The van der Waals surface area contributed by atoms with Crippen LogP contribution in [0.3, 0.4) is 0 Å². The third kappa shape index (κ3) is 3.85. The maximum atomic E-state index is 11.7. The van der Waals surface area contributed by atoms with Gasteiger partial charge in [-0.3, -0.25) is 18.7 Å². The minimum Gasteiger partial charge on any atom is -0.481 e. The third-order valence-electron chi connectivity index (χ3n) is 3.42. The number of aromatic nitrogens is 4. The van der Waals surface area contributed by atoms with E-state index in [-0.39, 0.29) is 23.4 Å². The number of hydrogen-bond donors (Lipinski definition) is 4. The van der Waals surface area contributed by atoms with Crippen LogP contribution < -0.4 is 21.9 Å². The zero-order valence-electron chi connectivity index (χ0n) is 13.0. The van der Waals surface area contributed by atoms with E-state index in [1.165, 1.54) is 18.7 Å². The van der Waals surface area contributed by atoms with E-state index in [1.807, 2.05) is 0 Å². The Bertz CT molecular complexity index is 803. The van der Waals surface area contributed by atoms with Crippen LogP contribution in [0.25, 0.3) is 11.2 Å². The van der Waals surface area contributed by atoms with Crippen LogP contribution in [-0.4, -0.2) is 56.4 Å². The van der Waals surface area contributed by atoms with Gasteiger partial charge in [0.25, 0.3) is 5.56 Å². The molecule has 10 heteroatoms. The number of imidazole rings is 1. The largest absolute Gasteiger partial charge is 0.481 e. The van der Waals surface area contributed by atoms with Crippen LogP contribution in [0.15, 0.2) is 9.59 Å². The molecule has 0 radical (unpaired) electrons. The fourth-order valence-corrected chi connectivity index (χ4v) is 2.20. The van der Waals surface area contributed by atoms with Crippen LogP contribution in [0.2, 0.25) is 0 Å². The highest BCUT2D eigenvalue weighted by molar-refractivity contribution is 5.73. The molecule has 4 N–H and O–H groups in total. The van der Waals surface area contributed by atoms with Gasteiger partial charge in [-0.2, -0.15) is 0 Å². The Labute approximate surface area is 131 Å². The van der Waals surface area contributed by atoms with Crippen molar-refractivity contribution < 1.29 is 9.90 Å². The minimum atomic E-state index is -1.06. The second-order valence-electron chi connectivity index (χ2n) is 5.16. The van der Waals surface area contributed by atoms with Gasteiger partial charge in [0.2, 0.25) is 0 Å². The molecule has 0 aromatic carbocycles. The first-order chi connectivity index (χ1) is 10.9. The van der Waals surface area contributed by atoms with Gasteiger partial charge < -0.3 is 20.7 Å². The van der Waals surface area contributed by atoms with Crippen LogP contribution in [0, 0.1) is 0 Å². The molecule has 0 spiro atoms. The molecule has 3 rings (SSSR count). The SMILES string of the molecule is C1CNCCN1.Cn1c(=O)c2[nH]c(CC(=O)O)nc2n(C)c1=O. The van der Waals surface area contributed by atoms with Crippen molar-refractivity contribution in [2.75, 3.05) is 26.2 Å². The van der Waals surface area contributed by atoms with E-state index in [1.54, 1.807) is 0 Å². The van der Waals surface area contributed by atoms with Gasteiger partial charge >= 0.3 is 11.7 Å². The Hall–Kier alpha value is -2.46. The first-order valence-electron chi connectivity index (χ1n) is 7.19. The predicted molar refractivity (Wildman–Crippen MR) is 83.7 cm³/mol. The summed E-state index contributed by atoms with van der Waals surface area (Å²) in [6, 6.07) is 0. The summed E-state index contributed by atoms with van der Waals surface area (Å²) in [5.41, 5.74) is -0.733. The molecule has 10 nitrogen and oxygen atoms in total. The van der Waals surface area contributed by atoms with Crippen molar-refractivity contribution in [1.29, 1.82) is 0 Å². The van der Waals surface area contributed by atoms with Crippen molar-refractivity contribution in [2.45, 2.75) is 6.42 Å². The monoisotopic (exact) mass is 324 g/mol. The maximum Gasteiger partial charge on any atom is 0.332 e. The van der Waals surface area contributed by atoms with Crippen molar-refractivity contribution in [3.63, 3.8) is 0 Å². The van der Waals surface area contributed by atoms with Crippen LogP contribution in [0.1, 0.15) is 5.82 Å². The highest BCUT2D eigenvalue weighted by Crippen LogP contribution is 2.04. The van der Waals surface area contributed by atoms with Crippen molar-refractivity contribution in [3.05, 3.63) is 26.7 Å². The van der Waals surface area contributed by atoms with Crippen LogP contribution >= 0.6 is 0 Å². The van der Waals surface area contributed by atoms with Gasteiger partial charge in [-0.05, 0) is 0 Å². The van der Waals surface area contributed by atoms with Gasteiger partial charge in [-0.25, -0.2) is 9.78 Å². The number of aryl methyl sites for hydroxylation is 1. The predicted octanol–water partition coefficient (Wildman–Crippen LogP) is -2.23. The van der Waals surface area contributed by atoms with E-state index in [4.69, 9.17) is 5.11 Å². The lowest BCUT2D eigenvalue weighted by Gasteiger charge is -2.11. The molecule has 0 amide bonds. The standard InChI is InChI=1S/C9H10N4O4.C4H10N2/c1-12-7-6(8(16)13(2)9(12)17)10-4(11-7)3-5(14)15;1-2-6-4-3-5-1/h3H2,1-2H3,(H,10,11)(H,14,15);5-6H,1-4H2. The second-order valence-corrected chi connectivity index (χ2v) is 5.16. The summed E-state index contributed by atoms with van der Waals surface area (Å²) in [6.07, 6.45) is -0.327. The van der Waals surface area contributed by atoms with Crippen molar-refractivity contribution in [3.8, 4) is 0 Å². The Morgan fingerprint density at radius 1 is 1.13 bits per heavy atom. The molecular weight excluding hydrogens is 304 g/mol. The molecule has 2 aromatic rings. The molecule has 0 atom stereocenters. The molecule has 2 aromatic heterocycles. The molecular formula is C13H20N6O4. The van der Waals surface area contributed by atoms with Gasteiger partial charge in [0.1, 0.15) is 17.8 Å². The van der Waals surface area contributed by atoms with E-state index in [2.05, 4.69) is 20.6 Å². The van der Waals surface area contributed by atoms with E-state index in [9.17, 15) is 14.4 Å². The Kier molecular flexibility index (Phi) is 5.29. The summed E-state index contributed by atoms with van der Waals surface area (Å²) < 4.78 is 2.13. The number of H-pyrrole nitrogens is 1. The Balaban J connectivity index is 0.000000268. The summed E-state index contributed by atoms with van der Waals surface area (Å²) in [7, 11) is 2.82. The lowest BCUT2D eigenvalue weighted by atomic mass is 10.4. The van der Waals surface area contributed by atoms with Crippen molar-refractivity contribution in [1.82, 2.24) is 29.7 Å². The number of nitrogens with one attached hydrogen (secondary N) is 3. The lowest BCUT2D eigenvalue weighted by molar-refractivity contribution is -0.136. The summed E-state index contributed by atoms with van der Waals surface area (Å²) in [4.78, 5) is 40.4. The highest BCUT2D eigenvalue weighted by atomic mass is 16.4. The smallest absolute Gasteiger partial charge is 0.332 e. The molecule has 1 fully saturated rings. The second kappa shape index (κ2) is 7.20. The number of nitrogens with zero attached hydrogens (tertiary/aromatic N) is 3. The van der Waals surface area contributed by atoms with Crippen molar-refractivity contribution in [2.24, 2.45) is 14.1 Å². The molecule has 1 aliphatic heterocycles. The number of fused-ring (bicyclic) bond motifs is 1. The number of carboxylic acids is 1. The van der Waals surface area contributed by atoms with E-state index in [0.29, 0.717) is 0 Å². The Morgan fingerprint density at radius 3 is 2.17 bits per heavy atom. The topological polar surface area (TPSA) is 134 Å². The maximum absolute atomic E-state index is 11.7. The average Bonchev–Trinajstić information content (AvgIpc) is 2.96. The first kappa shape index (κ1) is 16.9. The van der Waals surface area contributed by atoms with Crippen LogP contribution in [-0.2, 0) is 25.3 Å². The van der Waals surface area contributed by atoms with Gasteiger partial charge in [0.05, 0.1) is 0 Å². The number of piperazine rings is 1. The van der Waals surface area contributed by atoms with Gasteiger partial charge in [0.15, 0.2) is 5.65 Å². The molecule has 0 bridgehead atoms. The van der Waals surface area contributed by atoms with Crippen LogP contribution in [0.4, 0.5) is 0 Å². The number of aliphatic carboxylic acids is 1. The number of aromatic amines is 1. The van der Waals surface area contributed by atoms with Crippen LogP contribution in [0.5, 0.6) is 0 Å². The quantitative estimate of drug-likeness (QED) is 0.491. The van der Waals surface area contributed by atoms with Gasteiger partial charge in [-0.1, -0.05) is 0 Å². The summed E-state index contributed by atoms with van der Waals surface area (Å²) in [5.74, 6) is -0.920. The van der Waals surface area contributed by atoms with Gasteiger partial charge in [0, 0.05) is 40.3 Å². The summed E-state index contributed by atoms with van der Waals surface area (Å²) >= 11 is 0.